The molecule has 0 saturated carbocycles. The highest BCUT2D eigenvalue weighted by Gasteiger charge is 2.12. The molecule has 2 N–H and O–H groups in total. The highest BCUT2D eigenvalue weighted by molar-refractivity contribution is 7.09. The number of hydrogen-bond donors (Lipinski definition) is 2. The molecule has 0 radical (unpaired) electrons. The molecule has 1 heterocycles. The molecule has 1 atom stereocenters. The lowest BCUT2D eigenvalue weighted by molar-refractivity contribution is 0.442. The predicted molar refractivity (Wildman–Crippen MR) is 79.7 cm³/mol. The summed E-state index contributed by atoms with van der Waals surface area (Å²) in [4.78, 5) is 4.45. The Bertz CT molecular complexity index is 524. The van der Waals surface area contributed by atoms with Crippen molar-refractivity contribution >= 4 is 11.3 Å². The predicted octanol–water partition coefficient (Wildman–Crippen LogP) is 3.44. The van der Waals surface area contributed by atoms with Crippen LogP contribution in [0.25, 0.3) is 0 Å². The maximum Gasteiger partial charge on any atom is 0.120 e. The van der Waals surface area contributed by atoms with E-state index in [0.29, 0.717) is 5.75 Å². The molecule has 4 heteroatoms. The van der Waals surface area contributed by atoms with Crippen molar-refractivity contribution in [2.75, 3.05) is 6.54 Å². The number of para-hydroxylation sites is 1. The number of hydrogen-bond acceptors (Lipinski definition) is 4. The number of nitrogens with one attached hydrogen (secondary N) is 1. The van der Waals surface area contributed by atoms with Gasteiger partial charge in [-0.3, -0.25) is 0 Å². The zero-order valence-electron chi connectivity index (χ0n) is 11.4. The van der Waals surface area contributed by atoms with Gasteiger partial charge in [0.2, 0.25) is 0 Å². The van der Waals surface area contributed by atoms with Crippen LogP contribution < -0.4 is 5.32 Å². The van der Waals surface area contributed by atoms with Gasteiger partial charge in [0.25, 0.3) is 0 Å². The summed E-state index contributed by atoms with van der Waals surface area (Å²) in [6.07, 6.45) is 1.88. The van der Waals surface area contributed by atoms with Crippen molar-refractivity contribution in [2.24, 2.45) is 0 Å². The van der Waals surface area contributed by atoms with Crippen molar-refractivity contribution in [1.82, 2.24) is 10.3 Å². The maximum atomic E-state index is 9.88. The number of thiazole rings is 1. The fourth-order valence-electron chi connectivity index (χ4n) is 2.15. The summed E-state index contributed by atoms with van der Waals surface area (Å²) in [5, 5.41) is 16.6. The van der Waals surface area contributed by atoms with E-state index < -0.39 is 0 Å². The smallest absolute Gasteiger partial charge is 0.120 e. The van der Waals surface area contributed by atoms with Crippen molar-refractivity contribution in [1.29, 1.82) is 0 Å². The standard InChI is InChI=1S/C15H20N2OS/c1-3-14(13-6-4-5-7-15(13)18)16-9-8-12-10-19-11(2)17-12/h4-7,10,14,16,18H,3,8-9H2,1-2H3. The Morgan fingerprint density at radius 2 is 2.16 bits per heavy atom. The Morgan fingerprint density at radius 1 is 1.37 bits per heavy atom. The molecule has 0 bridgehead atoms. The molecule has 0 saturated heterocycles. The van der Waals surface area contributed by atoms with Crippen molar-refractivity contribution in [3.63, 3.8) is 0 Å². The van der Waals surface area contributed by atoms with Crippen molar-refractivity contribution < 1.29 is 5.11 Å². The summed E-state index contributed by atoms with van der Waals surface area (Å²) >= 11 is 1.69. The average Bonchev–Trinajstić information content (AvgIpc) is 2.82. The van der Waals surface area contributed by atoms with Gasteiger partial charge < -0.3 is 10.4 Å². The number of benzene rings is 1. The van der Waals surface area contributed by atoms with Gasteiger partial charge in [-0.05, 0) is 19.4 Å². The normalized spacial score (nSPS) is 12.5. The van der Waals surface area contributed by atoms with Gasteiger partial charge in [-0.15, -0.1) is 11.3 Å². The number of aromatic nitrogens is 1. The van der Waals surface area contributed by atoms with Crippen LogP contribution in [0.2, 0.25) is 0 Å². The number of rotatable bonds is 6. The topological polar surface area (TPSA) is 45.2 Å². The van der Waals surface area contributed by atoms with Crippen LogP contribution in [-0.2, 0) is 6.42 Å². The van der Waals surface area contributed by atoms with Crippen LogP contribution in [0.4, 0.5) is 0 Å². The second kappa shape index (κ2) is 6.68. The fourth-order valence-corrected chi connectivity index (χ4v) is 2.80. The first-order valence-corrected chi connectivity index (χ1v) is 7.51. The first-order chi connectivity index (χ1) is 9.20. The van der Waals surface area contributed by atoms with Gasteiger partial charge in [0.1, 0.15) is 5.75 Å². The second-order valence-electron chi connectivity index (χ2n) is 4.58. The van der Waals surface area contributed by atoms with Gasteiger partial charge in [-0.25, -0.2) is 4.98 Å². The summed E-state index contributed by atoms with van der Waals surface area (Å²) in [5.41, 5.74) is 2.11. The van der Waals surface area contributed by atoms with Crippen molar-refractivity contribution in [2.45, 2.75) is 32.7 Å². The first-order valence-electron chi connectivity index (χ1n) is 6.63. The lowest BCUT2D eigenvalue weighted by atomic mass is 10.0. The molecule has 1 aromatic carbocycles. The number of aryl methyl sites for hydroxylation is 1. The van der Waals surface area contributed by atoms with Gasteiger partial charge in [-0.2, -0.15) is 0 Å². The van der Waals surface area contributed by atoms with Crippen LogP contribution in [0, 0.1) is 6.92 Å². The number of nitrogens with zero attached hydrogens (tertiary/aromatic N) is 1. The Hall–Kier alpha value is -1.39. The molecule has 0 aliphatic rings. The molecule has 0 fully saturated rings. The lowest BCUT2D eigenvalue weighted by Crippen LogP contribution is -2.23. The third-order valence-corrected chi connectivity index (χ3v) is 3.98. The lowest BCUT2D eigenvalue weighted by Gasteiger charge is -2.18. The summed E-state index contributed by atoms with van der Waals surface area (Å²) in [6.45, 7) is 5.02. The van der Waals surface area contributed by atoms with Crippen LogP contribution in [-0.4, -0.2) is 16.6 Å². The average molecular weight is 276 g/mol. The van der Waals surface area contributed by atoms with E-state index in [4.69, 9.17) is 0 Å². The van der Waals surface area contributed by atoms with E-state index in [1.54, 1.807) is 17.4 Å². The van der Waals surface area contributed by atoms with Crippen LogP contribution >= 0.6 is 11.3 Å². The van der Waals surface area contributed by atoms with E-state index in [9.17, 15) is 5.11 Å². The molecule has 0 aliphatic heterocycles. The number of phenols is 1. The van der Waals surface area contributed by atoms with Gasteiger partial charge in [0.05, 0.1) is 10.7 Å². The Labute approximate surface area is 118 Å². The first kappa shape index (κ1) is 14.0. The summed E-state index contributed by atoms with van der Waals surface area (Å²) in [7, 11) is 0. The molecule has 1 unspecified atom stereocenters. The van der Waals surface area contributed by atoms with Crippen LogP contribution in [0.15, 0.2) is 29.6 Å². The molecular weight excluding hydrogens is 256 g/mol. The van der Waals surface area contributed by atoms with Gasteiger partial charge in [-0.1, -0.05) is 25.1 Å². The Kier molecular flexibility index (Phi) is 4.93. The minimum absolute atomic E-state index is 0.195. The number of phenolic OH excluding ortho intramolecular Hbond substituents is 1. The molecule has 2 aromatic rings. The molecule has 2 rings (SSSR count). The van der Waals surface area contributed by atoms with Gasteiger partial charge in [0, 0.05) is 30.0 Å². The Balaban J connectivity index is 1.91. The van der Waals surface area contributed by atoms with Gasteiger partial charge in [0.15, 0.2) is 0 Å². The molecule has 0 spiro atoms. The largest absolute Gasteiger partial charge is 0.508 e. The zero-order chi connectivity index (χ0) is 13.7. The molecular formula is C15H20N2OS. The summed E-state index contributed by atoms with van der Waals surface area (Å²) < 4.78 is 0. The van der Waals surface area contributed by atoms with Crippen LogP contribution in [0.3, 0.4) is 0 Å². The molecule has 0 aliphatic carbocycles. The molecule has 3 nitrogen and oxygen atoms in total. The van der Waals surface area contributed by atoms with Gasteiger partial charge >= 0.3 is 0 Å². The quantitative estimate of drug-likeness (QED) is 0.849. The van der Waals surface area contributed by atoms with E-state index in [1.807, 2.05) is 25.1 Å². The highest BCUT2D eigenvalue weighted by Crippen LogP contribution is 2.25. The monoisotopic (exact) mass is 276 g/mol. The van der Waals surface area contributed by atoms with Crippen molar-refractivity contribution in [3.05, 3.63) is 45.9 Å². The molecule has 19 heavy (non-hydrogen) atoms. The Morgan fingerprint density at radius 3 is 2.79 bits per heavy atom. The number of aromatic hydroxyl groups is 1. The van der Waals surface area contributed by atoms with E-state index in [1.165, 1.54) is 0 Å². The fraction of sp³-hybridized carbons (Fsp3) is 0.400. The van der Waals surface area contributed by atoms with E-state index in [-0.39, 0.29) is 6.04 Å². The molecule has 102 valence electrons. The summed E-state index contributed by atoms with van der Waals surface area (Å²) in [6, 6.07) is 7.72. The van der Waals surface area contributed by atoms with Crippen LogP contribution in [0.5, 0.6) is 5.75 Å². The van der Waals surface area contributed by atoms with E-state index >= 15 is 0 Å². The third kappa shape index (κ3) is 3.78. The minimum Gasteiger partial charge on any atom is -0.508 e. The third-order valence-electron chi connectivity index (χ3n) is 3.16. The molecule has 1 aromatic heterocycles. The SMILES string of the molecule is CCC(NCCc1csc(C)n1)c1ccccc1O. The maximum absolute atomic E-state index is 9.88. The molecule has 0 amide bonds. The second-order valence-corrected chi connectivity index (χ2v) is 5.64. The minimum atomic E-state index is 0.195. The highest BCUT2D eigenvalue weighted by atomic mass is 32.1. The summed E-state index contributed by atoms with van der Waals surface area (Å²) in [5.74, 6) is 0.367. The zero-order valence-corrected chi connectivity index (χ0v) is 12.2. The van der Waals surface area contributed by atoms with Crippen LogP contribution in [0.1, 0.15) is 35.7 Å². The van der Waals surface area contributed by atoms with E-state index in [2.05, 4.69) is 22.6 Å². The van der Waals surface area contributed by atoms with Crippen molar-refractivity contribution in [3.8, 4) is 5.75 Å². The van der Waals surface area contributed by atoms with E-state index in [0.717, 1.165) is 35.7 Å².